The molecule has 7 heteroatoms. The molecule has 112 valence electrons. The SMILES string of the molecule is CC(CN(C)C)Nc1ccc(C(N)=S)c(C(F)(F)F)c1. The van der Waals surface area contributed by atoms with Gasteiger partial charge in [0.2, 0.25) is 0 Å². The highest BCUT2D eigenvalue weighted by atomic mass is 32.1. The van der Waals surface area contributed by atoms with Gasteiger partial charge in [-0.1, -0.05) is 12.2 Å². The van der Waals surface area contributed by atoms with Gasteiger partial charge in [0.1, 0.15) is 4.99 Å². The number of thiocarbonyl (C=S) groups is 1. The minimum absolute atomic E-state index is 0.0155. The number of benzene rings is 1. The number of likely N-dealkylation sites (N-methyl/N-ethyl adjacent to an activating group) is 1. The van der Waals surface area contributed by atoms with Crippen molar-refractivity contribution in [2.75, 3.05) is 26.0 Å². The fraction of sp³-hybridized carbons (Fsp3) is 0.462. The lowest BCUT2D eigenvalue weighted by molar-refractivity contribution is -0.137. The number of rotatable bonds is 5. The zero-order valence-corrected chi connectivity index (χ0v) is 12.4. The van der Waals surface area contributed by atoms with Crippen LogP contribution < -0.4 is 11.1 Å². The van der Waals surface area contributed by atoms with Crippen molar-refractivity contribution >= 4 is 22.9 Å². The smallest absolute Gasteiger partial charge is 0.389 e. The molecule has 1 atom stereocenters. The van der Waals surface area contributed by atoms with Crippen LogP contribution in [0.2, 0.25) is 0 Å². The molecule has 0 amide bonds. The van der Waals surface area contributed by atoms with Crippen molar-refractivity contribution in [1.82, 2.24) is 4.90 Å². The molecule has 0 bridgehead atoms. The van der Waals surface area contributed by atoms with E-state index in [-0.39, 0.29) is 16.6 Å². The molecule has 0 aromatic heterocycles. The molecule has 0 fully saturated rings. The normalized spacial score (nSPS) is 13.3. The fourth-order valence-corrected chi connectivity index (χ4v) is 2.14. The third-order valence-corrected chi connectivity index (χ3v) is 2.86. The Bertz CT molecular complexity index is 486. The van der Waals surface area contributed by atoms with Crippen LogP contribution in [0.4, 0.5) is 18.9 Å². The van der Waals surface area contributed by atoms with Gasteiger partial charge in [0.05, 0.1) is 5.56 Å². The minimum Gasteiger partial charge on any atom is -0.389 e. The van der Waals surface area contributed by atoms with Crippen LogP contribution in [0.3, 0.4) is 0 Å². The van der Waals surface area contributed by atoms with Crippen LogP contribution in [-0.4, -0.2) is 36.6 Å². The molecular weight excluding hydrogens is 287 g/mol. The molecule has 0 heterocycles. The lowest BCUT2D eigenvalue weighted by atomic mass is 10.1. The van der Waals surface area contributed by atoms with Crippen LogP contribution >= 0.6 is 12.2 Å². The van der Waals surface area contributed by atoms with Crippen molar-refractivity contribution < 1.29 is 13.2 Å². The number of anilines is 1. The van der Waals surface area contributed by atoms with Crippen LogP contribution in [0.25, 0.3) is 0 Å². The van der Waals surface area contributed by atoms with Crippen LogP contribution in [0, 0.1) is 0 Å². The molecule has 0 aliphatic rings. The Morgan fingerprint density at radius 3 is 2.45 bits per heavy atom. The number of hydrogen-bond acceptors (Lipinski definition) is 3. The maximum Gasteiger partial charge on any atom is 0.417 e. The number of nitrogens with zero attached hydrogens (tertiary/aromatic N) is 1. The van der Waals surface area contributed by atoms with Crippen LogP contribution in [-0.2, 0) is 6.18 Å². The van der Waals surface area contributed by atoms with Gasteiger partial charge in [0.15, 0.2) is 0 Å². The molecule has 0 aliphatic heterocycles. The van der Waals surface area contributed by atoms with E-state index < -0.39 is 11.7 Å². The molecule has 1 unspecified atom stereocenters. The summed E-state index contributed by atoms with van der Waals surface area (Å²) in [5.74, 6) is 0. The number of nitrogens with two attached hydrogens (primary N) is 1. The van der Waals surface area contributed by atoms with Gasteiger partial charge < -0.3 is 16.0 Å². The van der Waals surface area contributed by atoms with E-state index in [2.05, 4.69) is 17.5 Å². The van der Waals surface area contributed by atoms with E-state index in [9.17, 15) is 13.2 Å². The van der Waals surface area contributed by atoms with Crippen molar-refractivity contribution in [3.63, 3.8) is 0 Å². The number of nitrogens with one attached hydrogen (secondary N) is 1. The van der Waals surface area contributed by atoms with E-state index in [1.54, 1.807) is 6.07 Å². The number of hydrogen-bond donors (Lipinski definition) is 2. The summed E-state index contributed by atoms with van der Waals surface area (Å²) in [7, 11) is 3.80. The summed E-state index contributed by atoms with van der Waals surface area (Å²) in [6, 6.07) is 3.91. The van der Waals surface area contributed by atoms with Gasteiger partial charge in [-0.2, -0.15) is 13.2 Å². The Labute approximate surface area is 121 Å². The lowest BCUT2D eigenvalue weighted by Crippen LogP contribution is -2.29. The number of alkyl halides is 3. The molecule has 3 N–H and O–H groups in total. The molecule has 1 aromatic rings. The first-order valence-corrected chi connectivity index (χ1v) is 6.44. The summed E-state index contributed by atoms with van der Waals surface area (Å²) in [6.07, 6.45) is -4.48. The largest absolute Gasteiger partial charge is 0.417 e. The quantitative estimate of drug-likeness (QED) is 0.821. The van der Waals surface area contributed by atoms with E-state index >= 15 is 0 Å². The van der Waals surface area contributed by atoms with E-state index in [0.717, 1.165) is 6.07 Å². The Morgan fingerprint density at radius 2 is 2.00 bits per heavy atom. The molecule has 0 radical (unpaired) electrons. The Morgan fingerprint density at radius 1 is 1.40 bits per heavy atom. The average molecular weight is 305 g/mol. The molecule has 0 spiro atoms. The Balaban J connectivity index is 3.04. The lowest BCUT2D eigenvalue weighted by Gasteiger charge is -2.21. The average Bonchev–Trinajstić information content (AvgIpc) is 2.25. The van der Waals surface area contributed by atoms with Crippen LogP contribution in [0.1, 0.15) is 18.1 Å². The summed E-state index contributed by atoms with van der Waals surface area (Å²) in [5, 5.41) is 3.03. The van der Waals surface area contributed by atoms with E-state index in [4.69, 9.17) is 5.73 Å². The monoisotopic (exact) mass is 305 g/mol. The van der Waals surface area contributed by atoms with Gasteiger partial charge in [0, 0.05) is 23.8 Å². The molecule has 0 saturated carbocycles. The van der Waals surface area contributed by atoms with Crippen molar-refractivity contribution in [3.8, 4) is 0 Å². The topological polar surface area (TPSA) is 41.3 Å². The van der Waals surface area contributed by atoms with E-state index in [0.29, 0.717) is 12.2 Å². The summed E-state index contributed by atoms with van der Waals surface area (Å²) in [6.45, 7) is 2.60. The van der Waals surface area contributed by atoms with Gasteiger partial charge in [-0.3, -0.25) is 0 Å². The highest BCUT2D eigenvalue weighted by Gasteiger charge is 2.34. The van der Waals surface area contributed by atoms with E-state index in [1.807, 2.05) is 25.9 Å². The molecular formula is C13H18F3N3S. The first-order valence-electron chi connectivity index (χ1n) is 6.03. The molecule has 3 nitrogen and oxygen atoms in total. The second kappa shape index (κ2) is 6.41. The predicted octanol–water partition coefficient (Wildman–Crippen LogP) is 2.70. The Hall–Kier alpha value is -1.34. The van der Waals surface area contributed by atoms with Crippen molar-refractivity contribution in [3.05, 3.63) is 29.3 Å². The molecule has 1 aromatic carbocycles. The second-order valence-corrected chi connectivity index (χ2v) is 5.37. The first-order chi connectivity index (χ1) is 9.11. The zero-order valence-electron chi connectivity index (χ0n) is 11.6. The van der Waals surface area contributed by atoms with Crippen LogP contribution in [0.5, 0.6) is 0 Å². The van der Waals surface area contributed by atoms with Gasteiger partial charge in [0.25, 0.3) is 0 Å². The standard InChI is InChI=1S/C13H18F3N3S/c1-8(7-19(2)3)18-9-4-5-10(12(17)20)11(6-9)13(14,15)16/h4-6,8,18H,7H2,1-3H3,(H2,17,20). The van der Waals surface area contributed by atoms with Crippen molar-refractivity contribution in [2.45, 2.75) is 19.1 Å². The summed E-state index contributed by atoms with van der Waals surface area (Å²) >= 11 is 4.66. The third-order valence-electron chi connectivity index (χ3n) is 2.64. The number of halogens is 3. The molecule has 0 aliphatic carbocycles. The highest BCUT2D eigenvalue weighted by Crippen LogP contribution is 2.34. The molecule has 0 saturated heterocycles. The zero-order chi connectivity index (χ0) is 15.5. The van der Waals surface area contributed by atoms with Crippen LogP contribution in [0.15, 0.2) is 18.2 Å². The third kappa shape index (κ3) is 4.64. The molecule has 20 heavy (non-hydrogen) atoms. The van der Waals surface area contributed by atoms with Crippen molar-refractivity contribution in [2.24, 2.45) is 5.73 Å². The fourth-order valence-electron chi connectivity index (χ4n) is 1.96. The highest BCUT2D eigenvalue weighted by molar-refractivity contribution is 7.80. The van der Waals surface area contributed by atoms with Gasteiger partial charge in [-0.15, -0.1) is 0 Å². The van der Waals surface area contributed by atoms with E-state index in [1.165, 1.54) is 6.07 Å². The first kappa shape index (κ1) is 16.7. The van der Waals surface area contributed by atoms with Crippen molar-refractivity contribution in [1.29, 1.82) is 0 Å². The maximum atomic E-state index is 13.0. The summed E-state index contributed by atoms with van der Waals surface area (Å²) in [4.78, 5) is 1.69. The summed E-state index contributed by atoms with van der Waals surface area (Å²) in [5.41, 5.74) is 4.76. The maximum absolute atomic E-state index is 13.0. The summed E-state index contributed by atoms with van der Waals surface area (Å²) < 4.78 is 39.0. The van der Waals surface area contributed by atoms with Gasteiger partial charge in [-0.25, -0.2) is 0 Å². The molecule has 1 rings (SSSR count). The minimum atomic E-state index is -4.48. The second-order valence-electron chi connectivity index (χ2n) is 4.93. The van der Waals surface area contributed by atoms with Gasteiger partial charge >= 0.3 is 6.18 Å². The van der Waals surface area contributed by atoms with Gasteiger partial charge in [-0.05, 0) is 39.2 Å². The Kier molecular flexibility index (Phi) is 5.35. The predicted molar refractivity (Wildman–Crippen MR) is 79.0 cm³/mol.